The summed E-state index contributed by atoms with van der Waals surface area (Å²) in [5, 5.41) is 12.8. The maximum absolute atomic E-state index is 9.28. The summed E-state index contributed by atoms with van der Waals surface area (Å²) in [4.78, 5) is 2.38. The minimum atomic E-state index is 0.245. The van der Waals surface area contributed by atoms with Crippen molar-refractivity contribution >= 4 is 0 Å². The summed E-state index contributed by atoms with van der Waals surface area (Å²) in [6, 6.07) is 9.64. The zero-order chi connectivity index (χ0) is 13.8. The highest BCUT2D eigenvalue weighted by Crippen LogP contribution is 2.40. The lowest BCUT2D eigenvalue weighted by molar-refractivity contribution is 0.179. The minimum absolute atomic E-state index is 0.245. The zero-order valence-electron chi connectivity index (χ0n) is 12.2. The Labute approximate surface area is 122 Å². The number of benzene rings is 1. The van der Waals surface area contributed by atoms with Gasteiger partial charge in [0.2, 0.25) is 0 Å². The van der Waals surface area contributed by atoms with Gasteiger partial charge in [-0.1, -0.05) is 24.3 Å². The van der Waals surface area contributed by atoms with E-state index in [1.54, 1.807) is 0 Å². The van der Waals surface area contributed by atoms with Crippen LogP contribution in [-0.2, 0) is 6.54 Å². The molecule has 2 fully saturated rings. The Morgan fingerprint density at radius 3 is 2.85 bits per heavy atom. The van der Waals surface area contributed by atoms with Gasteiger partial charge in [0.15, 0.2) is 0 Å². The molecule has 0 aromatic heterocycles. The molecule has 2 N–H and O–H groups in total. The summed E-state index contributed by atoms with van der Waals surface area (Å²) >= 11 is 0. The Kier molecular flexibility index (Phi) is 4.71. The number of hydrogen-bond donors (Lipinski definition) is 2. The highest BCUT2D eigenvalue weighted by molar-refractivity contribution is 5.29. The Balaban J connectivity index is 1.60. The first kappa shape index (κ1) is 14.1. The summed E-state index contributed by atoms with van der Waals surface area (Å²) in [7, 11) is 0. The predicted molar refractivity (Wildman–Crippen MR) is 81.8 cm³/mol. The third-order valence-electron chi connectivity index (χ3n) is 4.46. The fourth-order valence-corrected chi connectivity index (χ4v) is 3.22. The molecule has 1 aromatic rings. The second-order valence-corrected chi connectivity index (χ2v) is 6.27. The van der Waals surface area contributed by atoms with E-state index in [1.807, 2.05) is 0 Å². The highest BCUT2D eigenvalue weighted by Gasteiger charge is 2.23. The molecule has 20 heavy (non-hydrogen) atoms. The van der Waals surface area contributed by atoms with Gasteiger partial charge in [-0.3, -0.25) is 4.90 Å². The first-order valence-electron chi connectivity index (χ1n) is 8.00. The van der Waals surface area contributed by atoms with Crippen LogP contribution in [0, 0.1) is 0 Å². The molecule has 1 aromatic carbocycles. The van der Waals surface area contributed by atoms with E-state index in [2.05, 4.69) is 34.5 Å². The van der Waals surface area contributed by atoms with Gasteiger partial charge in [0.05, 0.1) is 6.61 Å². The van der Waals surface area contributed by atoms with E-state index in [9.17, 15) is 5.11 Å². The van der Waals surface area contributed by atoms with Crippen molar-refractivity contribution in [2.45, 2.75) is 44.2 Å². The fourth-order valence-electron chi connectivity index (χ4n) is 3.22. The number of hydrogen-bond acceptors (Lipinski definition) is 3. The molecule has 0 bridgehead atoms. The van der Waals surface area contributed by atoms with E-state index in [4.69, 9.17) is 0 Å². The molecule has 3 nitrogen and oxygen atoms in total. The molecule has 1 aliphatic carbocycles. The summed E-state index contributed by atoms with van der Waals surface area (Å²) in [6.45, 7) is 4.17. The molecule has 1 saturated heterocycles. The molecule has 1 heterocycles. The van der Waals surface area contributed by atoms with Crippen molar-refractivity contribution < 1.29 is 5.11 Å². The largest absolute Gasteiger partial charge is 0.395 e. The van der Waals surface area contributed by atoms with Gasteiger partial charge in [0.25, 0.3) is 0 Å². The third-order valence-corrected chi connectivity index (χ3v) is 4.46. The minimum Gasteiger partial charge on any atom is -0.395 e. The Hall–Kier alpha value is -0.900. The van der Waals surface area contributed by atoms with Crippen LogP contribution in [0.3, 0.4) is 0 Å². The van der Waals surface area contributed by atoms with Gasteiger partial charge in [0, 0.05) is 25.7 Å². The number of nitrogens with zero attached hydrogens (tertiary/aromatic N) is 1. The number of aliphatic hydroxyl groups is 1. The smallest absolute Gasteiger partial charge is 0.0558 e. The van der Waals surface area contributed by atoms with Crippen molar-refractivity contribution in [2.24, 2.45) is 0 Å². The molecule has 1 saturated carbocycles. The first-order chi connectivity index (χ1) is 9.85. The molecular weight excluding hydrogens is 248 g/mol. The van der Waals surface area contributed by atoms with Gasteiger partial charge >= 0.3 is 0 Å². The Morgan fingerprint density at radius 2 is 2.15 bits per heavy atom. The van der Waals surface area contributed by atoms with E-state index in [-0.39, 0.29) is 6.61 Å². The van der Waals surface area contributed by atoms with Crippen molar-refractivity contribution in [2.75, 3.05) is 26.2 Å². The summed E-state index contributed by atoms with van der Waals surface area (Å²) < 4.78 is 0. The van der Waals surface area contributed by atoms with Crippen molar-refractivity contribution in [1.29, 1.82) is 0 Å². The summed E-state index contributed by atoms with van der Waals surface area (Å²) in [6.07, 6.45) is 5.27. The zero-order valence-corrected chi connectivity index (χ0v) is 12.2. The van der Waals surface area contributed by atoms with E-state index >= 15 is 0 Å². The van der Waals surface area contributed by atoms with Crippen LogP contribution in [0.5, 0.6) is 0 Å². The summed E-state index contributed by atoms with van der Waals surface area (Å²) in [5.74, 6) is 0.817. The van der Waals surface area contributed by atoms with Crippen molar-refractivity contribution in [1.82, 2.24) is 10.2 Å². The average molecular weight is 274 g/mol. The molecule has 0 spiro atoms. The number of nitrogens with one attached hydrogen (secondary N) is 1. The van der Waals surface area contributed by atoms with Crippen LogP contribution >= 0.6 is 0 Å². The van der Waals surface area contributed by atoms with Gasteiger partial charge < -0.3 is 10.4 Å². The first-order valence-corrected chi connectivity index (χ1v) is 8.00. The average Bonchev–Trinajstić information content (AvgIpc) is 3.18. The number of aliphatic hydroxyl groups excluding tert-OH is 1. The number of rotatable bonds is 7. The van der Waals surface area contributed by atoms with Crippen LogP contribution in [0.25, 0.3) is 0 Å². The molecular formula is C17H26N2O. The lowest BCUT2D eigenvalue weighted by Crippen LogP contribution is -2.38. The lowest BCUT2D eigenvalue weighted by atomic mass is 10.1. The lowest BCUT2D eigenvalue weighted by Gasteiger charge is -2.25. The quantitative estimate of drug-likeness (QED) is 0.799. The highest BCUT2D eigenvalue weighted by atomic mass is 16.3. The molecule has 1 unspecified atom stereocenters. The summed E-state index contributed by atoms with van der Waals surface area (Å²) in [5.41, 5.74) is 2.89. The van der Waals surface area contributed by atoms with Crippen molar-refractivity contribution in [3.63, 3.8) is 0 Å². The van der Waals surface area contributed by atoms with Crippen LogP contribution < -0.4 is 5.32 Å². The second-order valence-electron chi connectivity index (χ2n) is 6.27. The Morgan fingerprint density at radius 1 is 1.25 bits per heavy atom. The maximum atomic E-state index is 9.28. The SMILES string of the molecule is OCCN(Cc1cccc(C2CC2)c1)CC1CCCN1. The molecule has 0 amide bonds. The molecule has 3 rings (SSSR count). The molecule has 1 atom stereocenters. The molecule has 0 radical (unpaired) electrons. The van der Waals surface area contributed by atoms with Gasteiger partial charge in [-0.2, -0.15) is 0 Å². The van der Waals surface area contributed by atoms with Gasteiger partial charge in [-0.25, -0.2) is 0 Å². The molecule has 110 valence electrons. The monoisotopic (exact) mass is 274 g/mol. The van der Waals surface area contributed by atoms with Crippen molar-refractivity contribution in [3.05, 3.63) is 35.4 Å². The van der Waals surface area contributed by atoms with Crippen LogP contribution in [0.15, 0.2) is 24.3 Å². The molecule has 2 aliphatic rings. The van der Waals surface area contributed by atoms with E-state index in [1.165, 1.54) is 36.8 Å². The predicted octanol–water partition coefficient (Wildman–Crippen LogP) is 2.11. The van der Waals surface area contributed by atoms with Gasteiger partial charge in [-0.15, -0.1) is 0 Å². The van der Waals surface area contributed by atoms with Crippen LogP contribution in [0.1, 0.15) is 42.7 Å². The van der Waals surface area contributed by atoms with Crippen LogP contribution in [0.2, 0.25) is 0 Å². The standard InChI is InChI=1S/C17H26N2O/c20-10-9-19(13-17-5-2-8-18-17)12-14-3-1-4-16(11-14)15-6-7-15/h1,3-4,11,15,17-18,20H,2,5-10,12-13H2. The Bertz CT molecular complexity index is 425. The van der Waals surface area contributed by atoms with Gasteiger partial charge in [0.1, 0.15) is 0 Å². The van der Waals surface area contributed by atoms with Crippen LogP contribution in [0.4, 0.5) is 0 Å². The van der Waals surface area contributed by atoms with E-state index < -0.39 is 0 Å². The van der Waals surface area contributed by atoms with E-state index in [0.717, 1.165) is 32.1 Å². The van der Waals surface area contributed by atoms with Crippen molar-refractivity contribution in [3.8, 4) is 0 Å². The second kappa shape index (κ2) is 6.70. The third kappa shape index (κ3) is 3.81. The topological polar surface area (TPSA) is 35.5 Å². The van der Waals surface area contributed by atoms with E-state index in [0.29, 0.717) is 6.04 Å². The normalized spacial score (nSPS) is 22.6. The molecule has 1 aliphatic heterocycles. The van der Waals surface area contributed by atoms with Crippen LogP contribution in [-0.4, -0.2) is 42.3 Å². The fraction of sp³-hybridized carbons (Fsp3) is 0.647. The molecule has 3 heteroatoms. The maximum Gasteiger partial charge on any atom is 0.0558 e. The van der Waals surface area contributed by atoms with Gasteiger partial charge in [-0.05, 0) is 49.3 Å².